The fraction of sp³-hybridized carbons (Fsp3) is 0.409. The van der Waals surface area contributed by atoms with Gasteiger partial charge in [-0.25, -0.2) is 17.8 Å². The number of hydrogen-bond acceptors (Lipinski definition) is 6. The Morgan fingerprint density at radius 1 is 1.24 bits per heavy atom. The molecule has 1 aromatic carbocycles. The van der Waals surface area contributed by atoms with Gasteiger partial charge in [-0.15, -0.1) is 0 Å². The fourth-order valence-electron chi connectivity index (χ4n) is 3.81. The molecule has 2 unspecified atom stereocenters. The molecule has 2 amide bonds. The molecule has 178 valence electrons. The number of nitrogen functional groups attached to an aromatic ring is 1. The number of sulfonamides is 1. The normalized spacial score (nSPS) is 19.3. The minimum Gasteiger partial charge on any atom is -0.396 e. The van der Waals surface area contributed by atoms with Gasteiger partial charge in [0.05, 0.1) is 23.8 Å². The molecular formula is C22H28FN5O4S. The quantitative estimate of drug-likeness (QED) is 0.481. The zero-order valence-corrected chi connectivity index (χ0v) is 19.7. The van der Waals surface area contributed by atoms with Gasteiger partial charge in [0.25, 0.3) is 11.8 Å². The van der Waals surface area contributed by atoms with Crippen LogP contribution in [0, 0.1) is 24.1 Å². The number of aromatic nitrogens is 1. The molecule has 0 spiro atoms. The number of amides is 2. The summed E-state index contributed by atoms with van der Waals surface area (Å²) in [6.07, 6.45) is 2.61. The van der Waals surface area contributed by atoms with Gasteiger partial charge < -0.3 is 16.4 Å². The van der Waals surface area contributed by atoms with E-state index in [0.29, 0.717) is 29.8 Å². The van der Waals surface area contributed by atoms with Gasteiger partial charge in [0.1, 0.15) is 5.69 Å². The van der Waals surface area contributed by atoms with Crippen molar-refractivity contribution in [2.75, 3.05) is 23.3 Å². The largest absolute Gasteiger partial charge is 0.396 e. The van der Waals surface area contributed by atoms with E-state index < -0.39 is 21.7 Å². The van der Waals surface area contributed by atoms with Crippen LogP contribution in [0.2, 0.25) is 0 Å². The number of carbonyl (C=O) groups excluding carboxylic acids is 2. The molecule has 3 rings (SSSR count). The van der Waals surface area contributed by atoms with Crippen molar-refractivity contribution < 1.29 is 22.4 Å². The Balaban J connectivity index is 1.58. The van der Waals surface area contributed by atoms with Crippen LogP contribution in [-0.2, 0) is 10.0 Å². The number of aryl methyl sites for hydroxylation is 1. The second-order valence-electron chi connectivity index (χ2n) is 8.99. The monoisotopic (exact) mass is 477 g/mol. The van der Waals surface area contributed by atoms with Crippen molar-refractivity contribution in [3.63, 3.8) is 0 Å². The van der Waals surface area contributed by atoms with Crippen LogP contribution < -0.4 is 21.1 Å². The predicted molar refractivity (Wildman–Crippen MR) is 124 cm³/mol. The molecule has 1 aliphatic carbocycles. The van der Waals surface area contributed by atoms with Crippen LogP contribution in [-0.4, -0.2) is 44.1 Å². The molecule has 1 heterocycles. The van der Waals surface area contributed by atoms with Gasteiger partial charge in [0, 0.05) is 18.2 Å². The van der Waals surface area contributed by atoms with Crippen LogP contribution in [0.15, 0.2) is 30.5 Å². The smallest absolute Gasteiger partial charge is 0.269 e. The molecule has 11 heteroatoms. The number of carbonyl (C=O) groups is 2. The van der Waals surface area contributed by atoms with Crippen molar-refractivity contribution in [3.05, 3.63) is 53.1 Å². The zero-order valence-electron chi connectivity index (χ0n) is 18.9. The molecule has 0 aliphatic heterocycles. The van der Waals surface area contributed by atoms with Crippen LogP contribution in [0.25, 0.3) is 0 Å². The minimum absolute atomic E-state index is 0.0359. The summed E-state index contributed by atoms with van der Waals surface area (Å²) in [5, 5.41) is 5.78. The number of nitrogens with two attached hydrogens (primary N) is 1. The topological polar surface area (TPSA) is 143 Å². The van der Waals surface area contributed by atoms with Crippen molar-refractivity contribution in [3.8, 4) is 0 Å². The number of pyridine rings is 1. The summed E-state index contributed by atoms with van der Waals surface area (Å²) in [4.78, 5) is 28.8. The Bertz CT molecular complexity index is 1200. The number of benzene rings is 1. The Labute approximate surface area is 192 Å². The van der Waals surface area contributed by atoms with Gasteiger partial charge in [-0.05, 0) is 48.4 Å². The fourth-order valence-corrected chi connectivity index (χ4v) is 4.43. The van der Waals surface area contributed by atoms with Crippen molar-refractivity contribution in [1.82, 2.24) is 15.6 Å². The number of nitrogens with one attached hydrogen (secondary N) is 3. The van der Waals surface area contributed by atoms with Gasteiger partial charge >= 0.3 is 0 Å². The summed E-state index contributed by atoms with van der Waals surface area (Å²) < 4.78 is 38.8. The Morgan fingerprint density at radius 2 is 1.94 bits per heavy atom. The lowest BCUT2D eigenvalue weighted by atomic mass is 9.58. The minimum atomic E-state index is -3.47. The highest BCUT2D eigenvalue weighted by Gasteiger charge is 2.48. The first-order chi connectivity index (χ1) is 15.3. The molecule has 2 atom stereocenters. The van der Waals surface area contributed by atoms with Crippen molar-refractivity contribution in [2.45, 2.75) is 33.2 Å². The molecule has 0 radical (unpaired) electrons. The van der Waals surface area contributed by atoms with Gasteiger partial charge in [-0.3, -0.25) is 14.3 Å². The average Bonchev–Trinajstić information content (AvgIpc) is 2.72. The summed E-state index contributed by atoms with van der Waals surface area (Å²) in [6.45, 7) is 6.11. The maximum Gasteiger partial charge on any atom is 0.269 e. The predicted octanol–water partition coefficient (Wildman–Crippen LogP) is 2.06. The van der Waals surface area contributed by atoms with Crippen molar-refractivity contribution in [1.29, 1.82) is 0 Å². The molecule has 0 bridgehead atoms. The summed E-state index contributed by atoms with van der Waals surface area (Å²) in [6, 6.07) is 5.90. The van der Waals surface area contributed by atoms with Gasteiger partial charge in [0.2, 0.25) is 10.0 Å². The third-order valence-electron chi connectivity index (χ3n) is 6.20. The molecule has 1 aromatic heterocycles. The van der Waals surface area contributed by atoms with Gasteiger partial charge in [-0.1, -0.05) is 19.9 Å². The lowest BCUT2D eigenvalue weighted by molar-refractivity contribution is 0.0149. The van der Waals surface area contributed by atoms with Crippen LogP contribution in [0.5, 0.6) is 0 Å². The molecule has 1 saturated carbocycles. The molecule has 1 fully saturated rings. The standard InChI is InChI=1S/C22H28FN5O4S/c1-12-5-6-13(7-17(12)28-33(4,31)32)20(29)27-19-8-14(22(19,2)3)10-26-21(30)18-9-16(24)15(23)11-25-18/h5-7,9,11,14,19,28H,8,10H2,1-4H3,(H2,24,25)(H,26,30)(H,27,29). The molecule has 9 nitrogen and oxygen atoms in total. The number of nitrogens with zero attached hydrogens (tertiary/aromatic N) is 1. The molecule has 0 saturated heterocycles. The molecule has 5 N–H and O–H groups in total. The number of rotatable bonds is 7. The first-order valence-electron chi connectivity index (χ1n) is 10.4. The first kappa shape index (κ1) is 24.4. The Morgan fingerprint density at radius 3 is 2.55 bits per heavy atom. The van der Waals surface area contributed by atoms with E-state index >= 15 is 0 Å². The van der Waals surface area contributed by atoms with E-state index in [0.717, 1.165) is 12.5 Å². The molecule has 33 heavy (non-hydrogen) atoms. The highest BCUT2D eigenvalue weighted by molar-refractivity contribution is 7.92. The van der Waals surface area contributed by atoms with E-state index in [9.17, 15) is 22.4 Å². The number of anilines is 2. The first-order valence-corrected chi connectivity index (χ1v) is 12.3. The molecule has 2 aromatic rings. The van der Waals surface area contributed by atoms with E-state index in [4.69, 9.17) is 5.73 Å². The SMILES string of the molecule is Cc1ccc(C(=O)NC2CC(CNC(=O)c3cc(N)c(F)cn3)C2(C)C)cc1NS(C)(=O)=O. The molecular weight excluding hydrogens is 449 g/mol. The second kappa shape index (κ2) is 8.97. The van der Waals surface area contributed by atoms with E-state index in [2.05, 4.69) is 20.3 Å². The van der Waals surface area contributed by atoms with Gasteiger partial charge in [-0.2, -0.15) is 0 Å². The summed E-state index contributed by atoms with van der Waals surface area (Å²) in [7, 11) is -3.47. The maximum atomic E-state index is 13.2. The van der Waals surface area contributed by atoms with Crippen LogP contribution in [0.3, 0.4) is 0 Å². The van der Waals surface area contributed by atoms with Crippen molar-refractivity contribution in [2.24, 2.45) is 11.3 Å². The lowest BCUT2D eigenvalue weighted by Gasteiger charge is -2.52. The van der Waals surface area contributed by atoms with E-state index in [1.807, 2.05) is 13.8 Å². The third kappa shape index (κ3) is 5.59. The third-order valence-corrected chi connectivity index (χ3v) is 6.79. The van der Waals surface area contributed by atoms with Crippen LogP contribution >= 0.6 is 0 Å². The van der Waals surface area contributed by atoms with E-state index in [1.54, 1.807) is 19.1 Å². The summed E-state index contributed by atoms with van der Waals surface area (Å²) >= 11 is 0. The van der Waals surface area contributed by atoms with Crippen molar-refractivity contribution >= 4 is 33.2 Å². The maximum absolute atomic E-state index is 13.2. The number of halogens is 1. The van der Waals surface area contributed by atoms with Crippen LogP contribution in [0.4, 0.5) is 15.8 Å². The average molecular weight is 478 g/mol. The summed E-state index contributed by atoms with van der Waals surface area (Å²) in [5.41, 5.74) is 6.49. The van der Waals surface area contributed by atoms with Crippen LogP contribution in [0.1, 0.15) is 46.7 Å². The second-order valence-corrected chi connectivity index (χ2v) is 10.7. The molecule has 1 aliphatic rings. The zero-order chi connectivity index (χ0) is 24.6. The van der Waals surface area contributed by atoms with E-state index in [-0.39, 0.29) is 34.7 Å². The Hall–Kier alpha value is -3.21. The summed E-state index contributed by atoms with van der Waals surface area (Å²) in [5.74, 6) is -1.34. The van der Waals surface area contributed by atoms with Gasteiger partial charge in [0.15, 0.2) is 5.82 Å². The Kier molecular flexibility index (Phi) is 6.64. The highest BCUT2D eigenvalue weighted by Crippen LogP contribution is 2.46. The number of hydrogen-bond donors (Lipinski definition) is 4. The lowest BCUT2D eigenvalue weighted by Crippen LogP contribution is -2.60. The van der Waals surface area contributed by atoms with E-state index in [1.165, 1.54) is 12.1 Å². The highest BCUT2D eigenvalue weighted by atomic mass is 32.2.